The molecule has 0 saturated carbocycles. The maximum absolute atomic E-state index is 13.1. The molecule has 0 saturated heterocycles. The Labute approximate surface area is 138 Å². The molecule has 0 radical (unpaired) electrons. The summed E-state index contributed by atoms with van der Waals surface area (Å²) >= 11 is 0. The summed E-state index contributed by atoms with van der Waals surface area (Å²) in [6.45, 7) is 3.89. The molecule has 0 spiro atoms. The van der Waals surface area contributed by atoms with E-state index in [-0.39, 0.29) is 0 Å². The Hall–Kier alpha value is -1.85. The first kappa shape index (κ1) is 16.0. The van der Waals surface area contributed by atoms with Crippen molar-refractivity contribution in [1.82, 2.24) is 5.32 Å². The molecule has 0 atom stereocenters. The van der Waals surface area contributed by atoms with E-state index in [4.69, 9.17) is 0 Å². The summed E-state index contributed by atoms with van der Waals surface area (Å²) in [6, 6.07) is 15.0. The van der Waals surface area contributed by atoms with E-state index in [0.29, 0.717) is 24.5 Å². The number of hydrogen-bond acceptors (Lipinski definition) is 3. The van der Waals surface area contributed by atoms with Crippen LogP contribution in [0.25, 0.3) is 0 Å². The molecule has 0 bridgehead atoms. The lowest BCUT2D eigenvalue weighted by atomic mass is 10.1. The van der Waals surface area contributed by atoms with E-state index in [9.17, 15) is 8.42 Å². The fourth-order valence-corrected chi connectivity index (χ4v) is 4.42. The smallest absolute Gasteiger partial charge is 0.264 e. The van der Waals surface area contributed by atoms with E-state index in [0.717, 1.165) is 24.1 Å². The van der Waals surface area contributed by atoms with E-state index >= 15 is 0 Å². The Morgan fingerprint density at radius 3 is 2.57 bits per heavy atom. The van der Waals surface area contributed by atoms with Gasteiger partial charge in [-0.3, -0.25) is 4.31 Å². The van der Waals surface area contributed by atoms with E-state index in [1.165, 1.54) is 9.87 Å². The summed E-state index contributed by atoms with van der Waals surface area (Å²) in [6.07, 6.45) is 2.02. The van der Waals surface area contributed by atoms with Gasteiger partial charge < -0.3 is 5.32 Å². The number of fused-ring (bicyclic) bond motifs is 1. The monoisotopic (exact) mass is 330 g/mol. The molecule has 0 amide bonds. The Morgan fingerprint density at radius 2 is 1.83 bits per heavy atom. The van der Waals surface area contributed by atoms with Crippen molar-refractivity contribution < 1.29 is 8.42 Å². The zero-order valence-electron chi connectivity index (χ0n) is 13.3. The molecule has 3 rings (SSSR count). The van der Waals surface area contributed by atoms with Gasteiger partial charge in [0.15, 0.2) is 0 Å². The largest absolute Gasteiger partial charge is 0.311 e. The van der Waals surface area contributed by atoms with Gasteiger partial charge in [-0.05, 0) is 35.7 Å². The second-order valence-corrected chi connectivity index (χ2v) is 7.64. The third-order valence-corrected chi connectivity index (χ3v) is 5.94. The van der Waals surface area contributed by atoms with Gasteiger partial charge in [0, 0.05) is 19.6 Å². The van der Waals surface area contributed by atoms with Crippen molar-refractivity contribution in [2.75, 3.05) is 17.4 Å². The molecule has 4 nitrogen and oxygen atoms in total. The zero-order chi connectivity index (χ0) is 16.3. The summed E-state index contributed by atoms with van der Waals surface area (Å²) in [5.41, 5.74) is 2.95. The Morgan fingerprint density at radius 1 is 1.09 bits per heavy atom. The van der Waals surface area contributed by atoms with Gasteiger partial charge in [0.25, 0.3) is 10.0 Å². The molecular weight excluding hydrogens is 308 g/mol. The molecule has 1 aliphatic heterocycles. The van der Waals surface area contributed by atoms with Crippen molar-refractivity contribution in [3.8, 4) is 0 Å². The topological polar surface area (TPSA) is 49.4 Å². The van der Waals surface area contributed by atoms with Crippen molar-refractivity contribution in [2.24, 2.45) is 0 Å². The average Bonchev–Trinajstić information content (AvgIpc) is 2.78. The first-order chi connectivity index (χ1) is 11.1. The Bertz CT molecular complexity index is 770. The number of hydrogen-bond donors (Lipinski definition) is 1. The molecule has 122 valence electrons. The van der Waals surface area contributed by atoms with Crippen LogP contribution in [0.2, 0.25) is 0 Å². The minimum atomic E-state index is -3.54. The molecule has 0 aromatic heterocycles. The quantitative estimate of drug-likeness (QED) is 0.938. The summed E-state index contributed by atoms with van der Waals surface area (Å²) in [4.78, 5) is 0.356. The number of anilines is 1. The lowest BCUT2D eigenvalue weighted by Gasteiger charge is -2.24. The molecule has 23 heavy (non-hydrogen) atoms. The van der Waals surface area contributed by atoms with Crippen molar-refractivity contribution in [3.63, 3.8) is 0 Å². The predicted octanol–water partition coefficient (Wildman–Crippen LogP) is 2.94. The fourth-order valence-electron chi connectivity index (χ4n) is 2.92. The molecule has 1 heterocycles. The fraction of sp³-hybridized carbons (Fsp3) is 0.333. The zero-order valence-corrected chi connectivity index (χ0v) is 14.1. The van der Waals surface area contributed by atoms with Gasteiger partial charge in [-0.15, -0.1) is 0 Å². The highest BCUT2D eigenvalue weighted by molar-refractivity contribution is 7.92. The Kier molecular flexibility index (Phi) is 4.68. The number of nitrogens with zero attached hydrogens (tertiary/aromatic N) is 1. The first-order valence-corrected chi connectivity index (χ1v) is 9.47. The van der Waals surface area contributed by atoms with Crippen molar-refractivity contribution in [3.05, 3.63) is 59.7 Å². The summed E-state index contributed by atoms with van der Waals surface area (Å²) in [5.74, 6) is 0. The molecule has 0 fully saturated rings. The molecule has 2 aromatic carbocycles. The lowest BCUT2D eigenvalue weighted by molar-refractivity contribution is 0.589. The van der Waals surface area contributed by atoms with Gasteiger partial charge in [0.2, 0.25) is 0 Å². The molecular formula is C18H22N2O2S. The van der Waals surface area contributed by atoms with Crippen molar-refractivity contribution >= 4 is 15.7 Å². The van der Waals surface area contributed by atoms with Crippen LogP contribution in [0.15, 0.2) is 53.4 Å². The number of rotatable bonds is 4. The SMILES string of the molecule is CCCc1ccc(S(=O)(=O)N2CCNCc3ccccc32)cc1. The molecule has 5 heteroatoms. The van der Waals surface area contributed by atoms with E-state index in [1.807, 2.05) is 36.4 Å². The highest BCUT2D eigenvalue weighted by Crippen LogP contribution is 2.28. The maximum Gasteiger partial charge on any atom is 0.264 e. The van der Waals surface area contributed by atoms with Gasteiger partial charge in [-0.1, -0.05) is 43.7 Å². The lowest BCUT2D eigenvalue weighted by Crippen LogP contribution is -2.34. The van der Waals surface area contributed by atoms with E-state index in [2.05, 4.69) is 12.2 Å². The van der Waals surface area contributed by atoms with Gasteiger partial charge in [-0.25, -0.2) is 8.42 Å². The van der Waals surface area contributed by atoms with Crippen molar-refractivity contribution in [2.45, 2.75) is 31.2 Å². The van der Waals surface area contributed by atoms with Gasteiger partial charge in [0.05, 0.1) is 10.6 Å². The highest BCUT2D eigenvalue weighted by atomic mass is 32.2. The third kappa shape index (κ3) is 3.26. The maximum atomic E-state index is 13.1. The number of sulfonamides is 1. The van der Waals surface area contributed by atoms with Crippen LogP contribution >= 0.6 is 0 Å². The molecule has 2 aromatic rings. The molecule has 1 N–H and O–H groups in total. The van der Waals surface area contributed by atoms with Crippen LogP contribution in [0, 0.1) is 0 Å². The van der Waals surface area contributed by atoms with Crippen LogP contribution in [-0.2, 0) is 23.0 Å². The third-order valence-electron chi connectivity index (χ3n) is 4.12. The highest BCUT2D eigenvalue weighted by Gasteiger charge is 2.27. The average molecular weight is 330 g/mol. The van der Waals surface area contributed by atoms with Crippen LogP contribution in [0.1, 0.15) is 24.5 Å². The van der Waals surface area contributed by atoms with Crippen LogP contribution in [0.4, 0.5) is 5.69 Å². The van der Waals surface area contributed by atoms with E-state index in [1.54, 1.807) is 12.1 Å². The predicted molar refractivity (Wildman–Crippen MR) is 93.1 cm³/mol. The van der Waals surface area contributed by atoms with Crippen LogP contribution in [-0.4, -0.2) is 21.5 Å². The van der Waals surface area contributed by atoms with Crippen LogP contribution in [0.3, 0.4) is 0 Å². The van der Waals surface area contributed by atoms with Gasteiger partial charge >= 0.3 is 0 Å². The molecule has 1 aliphatic rings. The molecule has 0 aliphatic carbocycles. The number of benzene rings is 2. The second kappa shape index (κ2) is 6.72. The van der Waals surface area contributed by atoms with Crippen LogP contribution < -0.4 is 9.62 Å². The summed E-state index contributed by atoms with van der Waals surface area (Å²) < 4.78 is 27.7. The van der Waals surface area contributed by atoms with Crippen molar-refractivity contribution in [1.29, 1.82) is 0 Å². The second-order valence-electron chi connectivity index (χ2n) is 5.78. The van der Waals surface area contributed by atoms with Crippen LogP contribution in [0.5, 0.6) is 0 Å². The molecule has 0 unspecified atom stereocenters. The van der Waals surface area contributed by atoms with Gasteiger partial charge in [-0.2, -0.15) is 0 Å². The van der Waals surface area contributed by atoms with E-state index < -0.39 is 10.0 Å². The number of para-hydroxylation sites is 1. The van der Waals surface area contributed by atoms with Gasteiger partial charge in [0.1, 0.15) is 0 Å². The minimum absolute atomic E-state index is 0.356. The summed E-state index contributed by atoms with van der Waals surface area (Å²) in [7, 11) is -3.54. The summed E-state index contributed by atoms with van der Waals surface area (Å²) in [5, 5.41) is 3.28. The number of nitrogens with one attached hydrogen (secondary N) is 1. The minimum Gasteiger partial charge on any atom is -0.311 e. The Balaban J connectivity index is 1.99. The standard InChI is InChI=1S/C18H22N2O2S/c1-2-5-15-8-10-17(11-9-15)23(21,22)20-13-12-19-14-16-6-3-4-7-18(16)20/h3-4,6-11,19H,2,5,12-14H2,1H3. The number of aryl methyl sites for hydroxylation is 1. The first-order valence-electron chi connectivity index (χ1n) is 8.03. The normalized spacial score (nSPS) is 15.1.